The second-order valence-electron chi connectivity index (χ2n) is 11.8. The summed E-state index contributed by atoms with van der Waals surface area (Å²) in [5.41, 5.74) is 4.13. The number of hydrogen-bond donors (Lipinski definition) is 3. The van der Waals surface area contributed by atoms with Crippen LogP contribution in [0.3, 0.4) is 0 Å². The van der Waals surface area contributed by atoms with Crippen molar-refractivity contribution < 1.29 is 19.5 Å². The summed E-state index contributed by atoms with van der Waals surface area (Å²) in [6.07, 6.45) is 1.47. The molecule has 0 spiro atoms. The van der Waals surface area contributed by atoms with Crippen molar-refractivity contribution in [1.82, 2.24) is 19.7 Å². The minimum atomic E-state index is -1.09. The SMILES string of the molecule is CC1(C)CN(C(=O)c2cccc(CN3CCN(C(=O)Nc4ccccc4)CC3)c2)C=C(C(=O)O)c2[nH]c3ccccc3c21. The number of anilines is 1. The molecule has 0 unspecified atom stereocenters. The van der Waals surface area contributed by atoms with Crippen molar-refractivity contribution in [2.75, 3.05) is 38.0 Å². The monoisotopic (exact) mass is 577 g/mol. The number of aliphatic carboxylic acids is 1. The number of aromatic amines is 1. The van der Waals surface area contributed by atoms with Gasteiger partial charge in [-0.1, -0.05) is 62.4 Å². The Kier molecular flexibility index (Phi) is 7.50. The molecule has 220 valence electrons. The van der Waals surface area contributed by atoms with Gasteiger partial charge in [-0.2, -0.15) is 0 Å². The highest BCUT2D eigenvalue weighted by molar-refractivity contribution is 6.17. The smallest absolute Gasteiger partial charge is 0.339 e. The molecule has 3 N–H and O–H groups in total. The van der Waals surface area contributed by atoms with E-state index in [0.29, 0.717) is 37.4 Å². The van der Waals surface area contributed by atoms with Crippen LogP contribution < -0.4 is 5.32 Å². The Morgan fingerprint density at radius 1 is 0.907 bits per heavy atom. The molecule has 1 saturated heterocycles. The number of carbonyl (C=O) groups is 3. The van der Waals surface area contributed by atoms with Crippen LogP contribution >= 0.6 is 0 Å². The molecular weight excluding hydrogens is 542 g/mol. The third-order valence-electron chi connectivity index (χ3n) is 8.26. The lowest BCUT2D eigenvalue weighted by Gasteiger charge is -2.34. The van der Waals surface area contributed by atoms with Gasteiger partial charge in [0.05, 0.1) is 11.3 Å². The molecule has 0 saturated carbocycles. The summed E-state index contributed by atoms with van der Waals surface area (Å²) >= 11 is 0. The first-order chi connectivity index (χ1) is 20.7. The zero-order valence-electron chi connectivity index (χ0n) is 24.3. The number of H-pyrrole nitrogens is 1. The topological polar surface area (TPSA) is 109 Å². The molecule has 2 aliphatic heterocycles. The summed E-state index contributed by atoms with van der Waals surface area (Å²) < 4.78 is 0. The minimum absolute atomic E-state index is 0.0652. The lowest BCUT2D eigenvalue weighted by atomic mass is 9.81. The van der Waals surface area contributed by atoms with Gasteiger partial charge in [-0.15, -0.1) is 0 Å². The van der Waals surface area contributed by atoms with Crippen LogP contribution in [-0.2, 0) is 16.8 Å². The fourth-order valence-electron chi connectivity index (χ4n) is 6.17. The maximum atomic E-state index is 13.9. The molecule has 3 heterocycles. The molecule has 6 rings (SSSR count). The van der Waals surface area contributed by atoms with E-state index in [4.69, 9.17) is 0 Å². The highest BCUT2D eigenvalue weighted by atomic mass is 16.4. The van der Waals surface area contributed by atoms with E-state index in [0.717, 1.165) is 40.8 Å². The quantitative estimate of drug-likeness (QED) is 0.295. The molecule has 1 aromatic heterocycles. The molecule has 9 nitrogen and oxygen atoms in total. The van der Waals surface area contributed by atoms with Crippen molar-refractivity contribution in [3.8, 4) is 0 Å². The van der Waals surface area contributed by atoms with Crippen LogP contribution in [0.2, 0.25) is 0 Å². The van der Waals surface area contributed by atoms with E-state index < -0.39 is 11.4 Å². The summed E-state index contributed by atoms with van der Waals surface area (Å²) in [4.78, 5) is 47.9. The van der Waals surface area contributed by atoms with Gasteiger partial charge >= 0.3 is 12.0 Å². The Hall–Kier alpha value is -4.89. The number of rotatable bonds is 5. The number of para-hydroxylation sites is 2. The first-order valence-electron chi connectivity index (χ1n) is 14.5. The molecule has 0 bridgehead atoms. The van der Waals surface area contributed by atoms with E-state index >= 15 is 0 Å². The Bertz CT molecular complexity index is 1720. The van der Waals surface area contributed by atoms with Crippen molar-refractivity contribution in [3.63, 3.8) is 0 Å². The Morgan fingerprint density at radius 2 is 1.63 bits per heavy atom. The van der Waals surface area contributed by atoms with Crippen molar-refractivity contribution in [1.29, 1.82) is 0 Å². The number of urea groups is 1. The first-order valence-corrected chi connectivity index (χ1v) is 14.5. The third-order valence-corrected chi connectivity index (χ3v) is 8.26. The fourth-order valence-corrected chi connectivity index (χ4v) is 6.17. The third kappa shape index (κ3) is 5.76. The number of carbonyl (C=O) groups excluding carboxylic acids is 2. The molecule has 9 heteroatoms. The molecule has 2 aliphatic rings. The number of amides is 3. The van der Waals surface area contributed by atoms with Crippen molar-refractivity contribution in [3.05, 3.63) is 107 Å². The van der Waals surface area contributed by atoms with E-state index in [1.165, 1.54) is 11.1 Å². The molecule has 1 fully saturated rings. The van der Waals surface area contributed by atoms with Crippen LogP contribution in [0.4, 0.5) is 10.5 Å². The van der Waals surface area contributed by atoms with Gasteiger partial charge in [-0.25, -0.2) is 9.59 Å². The van der Waals surface area contributed by atoms with Crippen LogP contribution in [0.5, 0.6) is 0 Å². The van der Waals surface area contributed by atoms with Gasteiger partial charge in [-0.3, -0.25) is 9.69 Å². The van der Waals surface area contributed by atoms with Crippen molar-refractivity contribution in [2.24, 2.45) is 0 Å². The van der Waals surface area contributed by atoms with Crippen LogP contribution in [0.15, 0.2) is 85.1 Å². The van der Waals surface area contributed by atoms with Gasteiger partial charge in [0.15, 0.2) is 0 Å². The van der Waals surface area contributed by atoms with Crippen LogP contribution in [0.25, 0.3) is 16.5 Å². The van der Waals surface area contributed by atoms with E-state index in [1.54, 1.807) is 6.07 Å². The van der Waals surface area contributed by atoms with Crippen LogP contribution in [0, 0.1) is 0 Å². The van der Waals surface area contributed by atoms with Crippen LogP contribution in [-0.4, -0.2) is 75.4 Å². The molecule has 0 atom stereocenters. The normalized spacial score (nSPS) is 16.7. The molecule has 0 radical (unpaired) electrons. The zero-order chi connectivity index (χ0) is 30.1. The number of fused-ring (bicyclic) bond motifs is 3. The summed E-state index contributed by atoms with van der Waals surface area (Å²) in [7, 11) is 0. The van der Waals surface area contributed by atoms with E-state index in [2.05, 4.69) is 15.2 Å². The largest absolute Gasteiger partial charge is 0.478 e. The molecule has 0 aliphatic carbocycles. The summed E-state index contributed by atoms with van der Waals surface area (Å²) in [5, 5.41) is 14.1. The Morgan fingerprint density at radius 3 is 2.37 bits per heavy atom. The maximum Gasteiger partial charge on any atom is 0.339 e. The molecule has 43 heavy (non-hydrogen) atoms. The predicted octanol–water partition coefficient (Wildman–Crippen LogP) is 5.38. The van der Waals surface area contributed by atoms with E-state index in [1.807, 2.05) is 91.5 Å². The van der Waals surface area contributed by atoms with Gasteiger partial charge in [0.1, 0.15) is 0 Å². The fraction of sp³-hybridized carbons (Fsp3) is 0.265. The molecule has 3 aromatic carbocycles. The highest BCUT2D eigenvalue weighted by Crippen LogP contribution is 2.40. The highest BCUT2D eigenvalue weighted by Gasteiger charge is 2.37. The van der Waals surface area contributed by atoms with Gasteiger partial charge in [0.25, 0.3) is 5.91 Å². The Labute approximate surface area is 250 Å². The number of aromatic nitrogens is 1. The Balaban J connectivity index is 1.16. The van der Waals surface area contributed by atoms with Gasteiger partial charge in [0.2, 0.25) is 0 Å². The number of benzene rings is 3. The van der Waals surface area contributed by atoms with Crippen molar-refractivity contribution in [2.45, 2.75) is 25.8 Å². The maximum absolute atomic E-state index is 13.9. The number of nitrogens with zero attached hydrogens (tertiary/aromatic N) is 3. The average molecular weight is 578 g/mol. The second kappa shape index (κ2) is 11.4. The lowest BCUT2D eigenvalue weighted by Crippen LogP contribution is -2.49. The number of hydrogen-bond acceptors (Lipinski definition) is 4. The average Bonchev–Trinajstić information content (AvgIpc) is 3.34. The summed E-state index contributed by atoms with van der Waals surface area (Å²) in [5.74, 6) is -1.33. The summed E-state index contributed by atoms with van der Waals surface area (Å²) in [6, 6.07) is 24.6. The number of carboxylic acid groups (broad SMARTS) is 1. The first kappa shape index (κ1) is 28.2. The van der Waals surface area contributed by atoms with Crippen molar-refractivity contribution >= 4 is 40.1 Å². The molecule has 3 amide bonds. The minimum Gasteiger partial charge on any atom is -0.478 e. The van der Waals surface area contributed by atoms with Crippen LogP contribution in [0.1, 0.15) is 41.0 Å². The standard InChI is InChI=1S/C34H35N5O4/c1-34(2)22-39(21-27(32(41)42)30-29(34)26-13-6-7-14-28(26)36-30)31(40)24-10-8-9-23(19-24)20-37-15-17-38(18-16-37)33(43)35-25-11-4-3-5-12-25/h3-14,19,21,36H,15-18,20,22H2,1-2H3,(H,35,43)(H,41,42). The summed E-state index contributed by atoms with van der Waals surface area (Å²) in [6.45, 7) is 7.72. The van der Waals surface area contributed by atoms with E-state index in [9.17, 15) is 19.5 Å². The van der Waals surface area contributed by atoms with Gasteiger partial charge in [-0.05, 0) is 41.5 Å². The lowest BCUT2D eigenvalue weighted by molar-refractivity contribution is -0.130. The number of piperazine rings is 1. The second-order valence-corrected chi connectivity index (χ2v) is 11.8. The zero-order valence-corrected chi connectivity index (χ0v) is 24.3. The number of carboxylic acids is 1. The predicted molar refractivity (Wildman–Crippen MR) is 167 cm³/mol. The van der Waals surface area contributed by atoms with Gasteiger partial charge in [0, 0.05) is 73.0 Å². The number of nitrogens with one attached hydrogen (secondary N) is 2. The molecule has 4 aromatic rings. The van der Waals surface area contributed by atoms with E-state index in [-0.39, 0.29) is 17.5 Å². The van der Waals surface area contributed by atoms with Gasteiger partial charge < -0.3 is 25.2 Å². The molecular formula is C34H35N5O4.